The van der Waals surface area contributed by atoms with E-state index in [1.807, 2.05) is 0 Å². The second-order valence-electron chi connectivity index (χ2n) is 4.18. The molecular weight excluding hydrogens is 240 g/mol. The third kappa shape index (κ3) is 9.00. The fourth-order valence-corrected chi connectivity index (χ4v) is 1.84. The van der Waals surface area contributed by atoms with Crippen LogP contribution >= 0.6 is 11.8 Å². The molecule has 0 aliphatic rings. The molecule has 0 spiro atoms. The second-order valence-corrected chi connectivity index (χ2v) is 5.21. The molecule has 0 aromatic carbocycles. The molecule has 1 unspecified atom stereocenters. The van der Waals surface area contributed by atoms with Crippen molar-refractivity contribution in [1.82, 2.24) is 5.32 Å². The van der Waals surface area contributed by atoms with Crippen LogP contribution in [0.1, 0.15) is 20.3 Å². The van der Waals surface area contributed by atoms with Crippen LogP contribution in [0.25, 0.3) is 0 Å². The zero-order chi connectivity index (χ0) is 13.3. The van der Waals surface area contributed by atoms with Crippen molar-refractivity contribution in [2.45, 2.75) is 26.3 Å². The molecule has 1 amide bonds. The van der Waals surface area contributed by atoms with E-state index in [0.717, 1.165) is 6.42 Å². The molecule has 6 heteroatoms. The number of methoxy groups -OCH3 is 1. The lowest BCUT2D eigenvalue weighted by Gasteiger charge is -2.09. The standard InChI is InChI=1S/C11H22N2O3S/c1-8(2)4-5-13-10(14)7-17-6-9(12)11(15)16-3/h8-9H,4-7,12H2,1-3H3,(H,13,14). The Bertz CT molecular complexity index is 247. The van der Waals surface area contributed by atoms with Crippen molar-refractivity contribution in [2.24, 2.45) is 11.7 Å². The van der Waals surface area contributed by atoms with Gasteiger partial charge in [-0.15, -0.1) is 11.8 Å². The zero-order valence-corrected chi connectivity index (χ0v) is 11.5. The summed E-state index contributed by atoms with van der Waals surface area (Å²) in [4.78, 5) is 22.3. The number of hydrogen-bond acceptors (Lipinski definition) is 5. The van der Waals surface area contributed by atoms with Gasteiger partial charge in [-0.1, -0.05) is 13.8 Å². The van der Waals surface area contributed by atoms with Gasteiger partial charge < -0.3 is 15.8 Å². The molecule has 0 rings (SSSR count). The van der Waals surface area contributed by atoms with E-state index in [-0.39, 0.29) is 5.91 Å². The van der Waals surface area contributed by atoms with Gasteiger partial charge >= 0.3 is 5.97 Å². The molecule has 17 heavy (non-hydrogen) atoms. The van der Waals surface area contributed by atoms with Gasteiger partial charge in [0.1, 0.15) is 6.04 Å². The lowest BCUT2D eigenvalue weighted by Crippen LogP contribution is -2.35. The molecule has 0 heterocycles. The molecule has 0 aliphatic heterocycles. The summed E-state index contributed by atoms with van der Waals surface area (Å²) in [5.74, 6) is 0.827. The number of hydrogen-bond donors (Lipinski definition) is 2. The number of amides is 1. The summed E-state index contributed by atoms with van der Waals surface area (Å²) in [6.45, 7) is 4.91. The van der Waals surface area contributed by atoms with Crippen molar-refractivity contribution in [2.75, 3.05) is 25.2 Å². The number of carbonyl (C=O) groups excluding carboxylic acids is 2. The maximum atomic E-state index is 11.4. The van der Waals surface area contributed by atoms with Crippen molar-refractivity contribution in [3.05, 3.63) is 0 Å². The van der Waals surface area contributed by atoms with Gasteiger partial charge in [0.15, 0.2) is 0 Å². The number of rotatable bonds is 8. The Balaban J connectivity index is 3.54. The van der Waals surface area contributed by atoms with Crippen molar-refractivity contribution in [3.63, 3.8) is 0 Å². The molecule has 0 saturated carbocycles. The van der Waals surface area contributed by atoms with Crippen LogP contribution in [0.4, 0.5) is 0 Å². The van der Waals surface area contributed by atoms with Crippen molar-refractivity contribution >= 4 is 23.6 Å². The number of thioether (sulfide) groups is 1. The summed E-state index contributed by atoms with van der Waals surface area (Å²) in [6, 6.07) is -0.659. The van der Waals surface area contributed by atoms with Gasteiger partial charge in [-0.05, 0) is 12.3 Å². The van der Waals surface area contributed by atoms with Crippen LogP contribution in [0.2, 0.25) is 0 Å². The average molecular weight is 262 g/mol. The largest absolute Gasteiger partial charge is 0.468 e. The second kappa shape index (κ2) is 9.30. The van der Waals surface area contributed by atoms with Gasteiger partial charge in [0.05, 0.1) is 12.9 Å². The van der Waals surface area contributed by atoms with Crippen molar-refractivity contribution < 1.29 is 14.3 Å². The third-order valence-electron chi connectivity index (χ3n) is 2.08. The van der Waals surface area contributed by atoms with E-state index in [4.69, 9.17) is 5.73 Å². The van der Waals surface area contributed by atoms with Crippen LogP contribution in [0, 0.1) is 5.92 Å². The van der Waals surface area contributed by atoms with Crippen molar-refractivity contribution in [1.29, 1.82) is 0 Å². The average Bonchev–Trinajstić information content (AvgIpc) is 2.27. The van der Waals surface area contributed by atoms with Gasteiger partial charge in [0.2, 0.25) is 5.91 Å². The minimum atomic E-state index is -0.659. The van der Waals surface area contributed by atoms with E-state index in [9.17, 15) is 9.59 Å². The van der Waals surface area contributed by atoms with Crippen LogP contribution in [0.5, 0.6) is 0 Å². The molecule has 0 aromatic rings. The van der Waals surface area contributed by atoms with E-state index in [1.54, 1.807) is 0 Å². The molecule has 0 saturated heterocycles. The fourth-order valence-electron chi connectivity index (χ4n) is 1.05. The van der Waals surface area contributed by atoms with Gasteiger partial charge in [-0.2, -0.15) is 0 Å². The molecule has 0 radical (unpaired) electrons. The Kier molecular flexibility index (Phi) is 8.89. The quantitative estimate of drug-likeness (QED) is 0.618. The zero-order valence-electron chi connectivity index (χ0n) is 10.7. The molecule has 100 valence electrons. The highest BCUT2D eigenvalue weighted by molar-refractivity contribution is 8.00. The highest BCUT2D eigenvalue weighted by atomic mass is 32.2. The van der Waals surface area contributed by atoms with Gasteiger partial charge in [0, 0.05) is 12.3 Å². The van der Waals surface area contributed by atoms with Crippen LogP contribution in [0.3, 0.4) is 0 Å². The van der Waals surface area contributed by atoms with Crippen LogP contribution in [-0.2, 0) is 14.3 Å². The molecule has 0 aromatic heterocycles. The fraction of sp³-hybridized carbons (Fsp3) is 0.818. The first-order chi connectivity index (χ1) is 7.97. The summed E-state index contributed by atoms with van der Waals surface area (Å²) < 4.78 is 4.48. The van der Waals surface area contributed by atoms with E-state index in [2.05, 4.69) is 23.9 Å². The lowest BCUT2D eigenvalue weighted by atomic mass is 10.1. The summed E-state index contributed by atoms with van der Waals surface area (Å²) in [6.07, 6.45) is 0.970. The first kappa shape index (κ1) is 16.2. The Morgan fingerprint density at radius 1 is 1.41 bits per heavy atom. The number of ether oxygens (including phenoxy) is 1. The van der Waals surface area contributed by atoms with E-state index in [0.29, 0.717) is 24.0 Å². The van der Waals surface area contributed by atoms with Gasteiger partial charge in [-0.25, -0.2) is 0 Å². The first-order valence-corrected chi connectivity index (χ1v) is 6.80. The SMILES string of the molecule is COC(=O)C(N)CSCC(=O)NCCC(C)C. The summed E-state index contributed by atoms with van der Waals surface area (Å²) in [5, 5.41) is 2.81. The third-order valence-corrected chi connectivity index (χ3v) is 3.14. The highest BCUT2D eigenvalue weighted by Crippen LogP contribution is 2.03. The first-order valence-electron chi connectivity index (χ1n) is 5.65. The van der Waals surface area contributed by atoms with Gasteiger partial charge in [0.25, 0.3) is 0 Å². The highest BCUT2D eigenvalue weighted by Gasteiger charge is 2.14. The maximum Gasteiger partial charge on any atom is 0.323 e. The molecule has 0 aliphatic carbocycles. The van der Waals surface area contributed by atoms with Crippen LogP contribution in [0.15, 0.2) is 0 Å². The summed E-state index contributed by atoms with van der Waals surface area (Å²) >= 11 is 1.33. The Labute approximate surface area is 107 Å². The van der Waals surface area contributed by atoms with E-state index in [1.165, 1.54) is 18.9 Å². The Morgan fingerprint density at radius 3 is 2.59 bits per heavy atom. The minimum absolute atomic E-state index is 0.0206. The monoisotopic (exact) mass is 262 g/mol. The summed E-state index contributed by atoms with van der Waals surface area (Å²) in [7, 11) is 1.30. The molecule has 1 atom stereocenters. The lowest BCUT2D eigenvalue weighted by molar-refractivity contribution is -0.141. The smallest absolute Gasteiger partial charge is 0.323 e. The van der Waals surface area contributed by atoms with Crippen LogP contribution < -0.4 is 11.1 Å². The Hall–Kier alpha value is -0.750. The van der Waals surface area contributed by atoms with Crippen molar-refractivity contribution in [3.8, 4) is 0 Å². The molecule has 0 bridgehead atoms. The molecular formula is C11H22N2O3S. The maximum absolute atomic E-state index is 11.4. The number of carbonyl (C=O) groups is 2. The van der Waals surface area contributed by atoms with Crippen LogP contribution in [-0.4, -0.2) is 43.1 Å². The molecule has 3 N–H and O–H groups in total. The predicted molar refractivity (Wildman–Crippen MR) is 69.8 cm³/mol. The normalized spacial score (nSPS) is 12.3. The number of nitrogens with one attached hydrogen (secondary N) is 1. The molecule has 5 nitrogen and oxygen atoms in total. The van der Waals surface area contributed by atoms with E-state index < -0.39 is 12.0 Å². The number of nitrogens with two attached hydrogens (primary N) is 1. The topological polar surface area (TPSA) is 81.4 Å². The number of esters is 1. The minimum Gasteiger partial charge on any atom is -0.468 e. The van der Waals surface area contributed by atoms with E-state index >= 15 is 0 Å². The van der Waals surface area contributed by atoms with Gasteiger partial charge in [-0.3, -0.25) is 9.59 Å². The molecule has 0 fully saturated rings. The summed E-state index contributed by atoms with van der Waals surface area (Å²) in [5.41, 5.74) is 5.53. The predicted octanol–water partition coefficient (Wildman–Crippen LogP) is 0.382. The Morgan fingerprint density at radius 2 is 2.06 bits per heavy atom.